The summed E-state index contributed by atoms with van der Waals surface area (Å²) in [6.07, 6.45) is 1.72. The lowest BCUT2D eigenvalue weighted by atomic mass is 10.1. The maximum absolute atomic E-state index is 8.95. The van der Waals surface area contributed by atoms with Crippen molar-refractivity contribution in [3.63, 3.8) is 0 Å². The fourth-order valence-electron chi connectivity index (χ4n) is 0.815. The Labute approximate surface area is 59.3 Å². The SMILES string of the molecule is CC1C=C(C#N)C(O)=NC1. The second-order valence-electron chi connectivity index (χ2n) is 2.33. The fourth-order valence-corrected chi connectivity index (χ4v) is 0.815. The first-order chi connectivity index (χ1) is 4.74. The maximum Gasteiger partial charge on any atom is 0.224 e. The lowest BCUT2D eigenvalue weighted by molar-refractivity contribution is 0.538. The van der Waals surface area contributed by atoms with Crippen molar-refractivity contribution < 1.29 is 5.11 Å². The highest BCUT2D eigenvalue weighted by atomic mass is 16.3. The van der Waals surface area contributed by atoms with Crippen molar-refractivity contribution in [3.05, 3.63) is 11.6 Å². The first-order valence-corrected chi connectivity index (χ1v) is 3.09. The molecule has 10 heavy (non-hydrogen) atoms. The van der Waals surface area contributed by atoms with Crippen molar-refractivity contribution in [1.82, 2.24) is 0 Å². The molecule has 0 fully saturated rings. The van der Waals surface area contributed by atoms with E-state index in [2.05, 4.69) is 4.99 Å². The van der Waals surface area contributed by atoms with Gasteiger partial charge in [-0.2, -0.15) is 5.26 Å². The second-order valence-corrected chi connectivity index (χ2v) is 2.33. The molecule has 1 unspecified atom stereocenters. The first kappa shape index (κ1) is 6.81. The van der Waals surface area contributed by atoms with Gasteiger partial charge in [0.2, 0.25) is 5.90 Å². The predicted octanol–water partition coefficient (Wildman–Crippen LogP) is 1.04. The van der Waals surface area contributed by atoms with Crippen LogP contribution in [0.15, 0.2) is 16.6 Å². The number of rotatable bonds is 0. The van der Waals surface area contributed by atoms with Crippen molar-refractivity contribution in [2.24, 2.45) is 10.9 Å². The number of hydrogen-bond acceptors (Lipinski definition) is 2. The summed E-state index contributed by atoms with van der Waals surface area (Å²) in [6, 6.07) is 1.86. The molecule has 3 nitrogen and oxygen atoms in total. The fraction of sp³-hybridized carbons (Fsp3) is 0.429. The molecule has 3 heteroatoms. The topological polar surface area (TPSA) is 56.4 Å². The molecule has 0 saturated carbocycles. The molecule has 52 valence electrons. The minimum atomic E-state index is -0.124. The van der Waals surface area contributed by atoms with E-state index in [1.165, 1.54) is 0 Å². The van der Waals surface area contributed by atoms with Crippen LogP contribution >= 0.6 is 0 Å². The highest BCUT2D eigenvalue weighted by molar-refractivity contribution is 5.96. The molecule has 0 aromatic heterocycles. The third-order valence-electron chi connectivity index (χ3n) is 1.34. The van der Waals surface area contributed by atoms with Crippen molar-refractivity contribution in [1.29, 1.82) is 5.26 Å². The van der Waals surface area contributed by atoms with E-state index in [1.54, 1.807) is 6.08 Å². The molecule has 1 aliphatic heterocycles. The number of nitriles is 1. The van der Waals surface area contributed by atoms with Gasteiger partial charge in [-0.15, -0.1) is 0 Å². The summed E-state index contributed by atoms with van der Waals surface area (Å²) in [5, 5.41) is 17.4. The summed E-state index contributed by atoms with van der Waals surface area (Å²) in [7, 11) is 0. The van der Waals surface area contributed by atoms with Gasteiger partial charge in [0.05, 0.1) is 0 Å². The normalized spacial score (nSPS) is 24.6. The molecule has 1 N–H and O–H groups in total. The molecule has 0 radical (unpaired) electrons. The number of dihydropyridines is 1. The standard InChI is InChI=1S/C7H8N2O/c1-5-2-6(3-8)7(10)9-4-5/h2,5H,4H2,1H3,(H,9,10). The summed E-state index contributed by atoms with van der Waals surface area (Å²) in [5.74, 6) is 0.145. The van der Waals surface area contributed by atoms with E-state index in [0.717, 1.165) is 0 Å². The molecule has 1 aliphatic rings. The van der Waals surface area contributed by atoms with E-state index >= 15 is 0 Å². The summed E-state index contributed by atoms with van der Waals surface area (Å²) < 4.78 is 0. The largest absolute Gasteiger partial charge is 0.493 e. The number of nitrogens with zero attached hydrogens (tertiary/aromatic N) is 2. The van der Waals surface area contributed by atoms with E-state index in [0.29, 0.717) is 12.1 Å². The van der Waals surface area contributed by atoms with Crippen LogP contribution in [-0.4, -0.2) is 17.5 Å². The van der Waals surface area contributed by atoms with Gasteiger partial charge in [-0.05, 0) is 5.92 Å². The van der Waals surface area contributed by atoms with Gasteiger partial charge in [0.1, 0.15) is 11.6 Å². The number of aliphatic hydroxyl groups excluding tert-OH is 1. The number of aliphatic imine (C=N–C) groups is 1. The Morgan fingerprint density at radius 1 is 1.90 bits per heavy atom. The van der Waals surface area contributed by atoms with Crippen LogP contribution in [0.1, 0.15) is 6.92 Å². The Hall–Kier alpha value is -1.30. The highest BCUT2D eigenvalue weighted by Crippen LogP contribution is 2.09. The minimum Gasteiger partial charge on any atom is -0.493 e. The minimum absolute atomic E-state index is 0.124. The summed E-state index contributed by atoms with van der Waals surface area (Å²) >= 11 is 0. The Bertz CT molecular complexity index is 234. The monoisotopic (exact) mass is 136 g/mol. The maximum atomic E-state index is 8.95. The van der Waals surface area contributed by atoms with E-state index in [-0.39, 0.29) is 11.8 Å². The second kappa shape index (κ2) is 2.53. The number of aliphatic hydroxyl groups is 1. The van der Waals surface area contributed by atoms with Crippen LogP contribution in [-0.2, 0) is 0 Å². The molecule has 0 bridgehead atoms. The molecule has 1 atom stereocenters. The van der Waals surface area contributed by atoms with Crippen LogP contribution in [0.25, 0.3) is 0 Å². The molecule has 1 heterocycles. The lowest BCUT2D eigenvalue weighted by Crippen LogP contribution is -2.11. The molecular weight excluding hydrogens is 128 g/mol. The molecule has 0 saturated heterocycles. The van der Waals surface area contributed by atoms with Crippen molar-refractivity contribution in [2.75, 3.05) is 6.54 Å². The quantitative estimate of drug-likeness (QED) is 0.541. The van der Waals surface area contributed by atoms with Crippen LogP contribution < -0.4 is 0 Å². The highest BCUT2D eigenvalue weighted by Gasteiger charge is 2.11. The van der Waals surface area contributed by atoms with Crippen molar-refractivity contribution in [2.45, 2.75) is 6.92 Å². The molecule has 1 rings (SSSR count). The van der Waals surface area contributed by atoms with Crippen LogP contribution in [0.3, 0.4) is 0 Å². The number of hydrogen-bond donors (Lipinski definition) is 1. The van der Waals surface area contributed by atoms with Gasteiger partial charge in [-0.1, -0.05) is 13.0 Å². The van der Waals surface area contributed by atoms with Crippen LogP contribution in [0.5, 0.6) is 0 Å². The average molecular weight is 136 g/mol. The molecular formula is C7H8N2O. The summed E-state index contributed by atoms with van der Waals surface area (Å²) in [4.78, 5) is 3.74. The van der Waals surface area contributed by atoms with Crippen LogP contribution in [0, 0.1) is 17.2 Å². The van der Waals surface area contributed by atoms with Crippen LogP contribution in [0.4, 0.5) is 0 Å². The van der Waals surface area contributed by atoms with Gasteiger partial charge < -0.3 is 5.11 Å². The average Bonchev–Trinajstić information content (AvgIpc) is 1.94. The molecule has 0 aromatic rings. The van der Waals surface area contributed by atoms with E-state index in [4.69, 9.17) is 10.4 Å². The van der Waals surface area contributed by atoms with Gasteiger partial charge >= 0.3 is 0 Å². The zero-order valence-corrected chi connectivity index (χ0v) is 5.70. The molecule has 0 spiro atoms. The van der Waals surface area contributed by atoms with Crippen molar-refractivity contribution >= 4 is 5.90 Å². The van der Waals surface area contributed by atoms with Gasteiger partial charge in [-0.25, -0.2) is 0 Å². The predicted molar refractivity (Wildman–Crippen MR) is 37.8 cm³/mol. The van der Waals surface area contributed by atoms with Gasteiger partial charge in [0.15, 0.2) is 0 Å². The molecule has 0 amide bonds. The van der Waals surface area contributed by atoms with Gasteiger partial charge in [0, 0.05) is 6.54 Å². The van der Waals surface area contributed by atoms with Crippen molar-refractivity contribution in [3.8, 4) is 6.07 Å². The summed E-state index contributed by atoms with van der Waals surface area (Å²) in [5.41, 5.74) is 0.291. The van der Waals surface area contributed by atoms with Crippen LogP contribution in [0.2, 0.25) is 0 Å². The summed E-state index contributed by atoms with van der Waals surface area (Å²) in [6.45, 7) is 2.53. The van der Waals surface area contributed by atoms with Gasteiger partial charge in [0.25, 0.3) is 0 Å². The lowest BCUT2D eigenvalue weighted by Gasteiger charge is -2.08. The van der Waals surface area contributed by atoms with E-state index < -0.39 is 0 Å². The first-order valence-electron chi connectivity index (χ1n) is 3.09. The zero-order chi connectivity index (χ0) is 7.56. The Kier molecular flexibility index (Phi) is 1.72. The Morgan fingerprint density at radius 2 is 2.60 bits per heavy atom. The van der Waals surface area contributed by atoms with E-state index in [1.807, 2.05) is 13.0 Å². The van der Waals surface area contributed by atoms with E-state index in [9.17, 15) is 0 Å². The Morgan fingerprint density at radius 3 is 3.10 bits per heavy atom. The molecule has 0 aromatic carbocycles. The third kappa shape index (κ3) is 1.16. The smallest absolute Gasteiger partial charge is 0.224 e. The Balaban J connectivity index is 2.87. The van der Waals surface area contributed by atoms with Gasteiger partial charge in [-0.3, -0.25) is 4.99 Å². The zero-order valence-electron chi connectivity index (χ0n) is 5.70. The molecule has 0 aliphatic carbocycles. The third-order valence-corrected chi connectivity index (χ3v) is 1.34.